The first-order valence-electron chi connectivity index (χ1n) is 5.69. The van der Waals surface area contributed by atoms with Gasteiger partial charge in [-0.15, -0.1) is 0 Å². The summed E-state index contributed by atoms with van der Waals surface area (Å²) in [5, 5.41) is 0.444. The molecule has 1 aromatic heterocycles. The number of ether oxygens (including phenoxy) is 2. The molecule has 9 heteroatoms. The summed E-state index contributed by atoms with van der Waals surface area (Å²) in [6.07, 6.45) is 1.26. The molecule has 0 saturated heterocycles. The summed E-state index contributed by atoms with van der Waals surface area (Å²) in [6, 6.07) is 5.82. The number of halogens is 1. The number of hydrogen-bond donors (Lipinski definition) is 1. The van der Waals surface area contributed by atoms with Gasteiger partial charge in [-0.2, -0.15) is 4.98 Å². The van der Waals surface area contributed by atoms with E-state index in [9.17, 15) is 8.42 Å². The lowest BCUT2D eigenvalue weighted by atomic mass is 10.4. The highest BCUT2D eigenvalue weighted by molar-refractivity contribution is 7.92. The van der Waals surface area contributed by atoms with Gasteiger partial charge in [-0.3, -0.25) is 4.72 Å². The minimum atomic E-state index is -3.79. The van der Waals surface area contributed by atoms with Gasteiger partial charge in [-0.05, 0) is 24.3 Å². The lowest BCUT2D eigenvalue weighted by Gasteiger charge is -2.11. The van der Waals surface area contributed by atoms with Gasteiger partial charge >= 0.3 is 6.01 Å². The van der Waals surface area contributed by atoms with Gasteiger partial charge in [0.05, 0.1) is 25.3 Å². The molecular formula is C12H12ClN3O4S. The Hall–Kier alpha value is -2.06. The van der Waals surface area contributed by atoms with Crippen LogP contribution in [0.3, 0.4) is 0 Å². The molecule has 0 spiro atoms. The predicted octanol–water partition coefficient (Wildman–Crippen LogP) is 1.95. The molecule has 0 aliphatic heterocycles. The number of hydrogen-bond acceptors (Lipinski definition) is 6. The van der Waals surface area contributed by atoms with Crippen molar-refractivity contribution in [2.75, 3.05) is 18.9 Å². The van der Waals surface area contributed by atoms with Crippen LogP contribution in [0.1, 0.15) is 0 Å². The zero-order valence-corrected chi connectivity index (χ0v) is 12.8. The molecule has 0 unspecified atom stereocenters. The first-order chi connectivity index (χ1) is 9.96. The summed E-state index contributed by atoms with van der Waals surface area (Å²) in [4.78, 5) is 7.79. The molecule has 2 aromatic rings. The van der Waals surface area contributed by atoms with Crippen LogP contribution in [0, 0.1) is 0 Å². The lowest BCUT2D eigenvalue weighted by molar-refractivity contribution is 0.353. The summed E-state index contributed by atoms with van der Waals surface area (Å²) in [5.41, 5.74) is 0.105. The van der Waals surface area contributed by atoms with Crippen molar-refractivity contribution in [2.45, 2.75) is 4.90 Å². The minimum absolute atomic E-state index is 0.0550. The molecule has 112 valence electrons. The fourth-order valence-corrected chi connectivity index (χ4v) is 2.66. The summed E-state index contributed by atoms with van der Waals surface area (Å²) >= 11 is 5.73. The Bertz CT molecular complexity index is 735. The summed E-state index contributed by atoms with van der Waals surface area (Å²) in [7, 11) is -1.03. The van der Waals surface area contributed by atoms with Crippen LogP contribution in [0.4, 0.5) is 5.69 Å². The zero-order chi connectivity index (χ0) is 15.5. The van der Waals surface area contributed by atoms with E-state index in [2.05, 4.69) is 14.7 Å². The van der Waals surface area contributed by atoms with E-state index < -0.39 is 10.0 Å². The number of methoxy groups -OCH3 is 2. The second-order valence-corrected chi connectivity index (χ2v) is 5.96. The molecule has 0 amide bonds. The fourth-order valence-electron chi connectivity index (χ4n) is 1.49. The molecule has 0 atom stereocenters. The molecule has 0 saturated carbocycles. The largest absolute Gasteiger partial charge is 0.479 e. The Labute approximate surface area is 126 Å². The highest BCUT2D eigenvalue weighted by Gasteiger charge is 2.18. The van der Waals surface area contributed by atoms with Crippen molar-refractivity contribution in [1.29, 1.82) is 0 Å². The minimum Gasteiger partial charge on any atom is -0.479 e. The highest BCUT2D eigenvalue weighted by atomic mass is 35.5. The Morgan fingerprint density at radius 1 is 1.14 bits per heavy atom. The van der Waals surface area contributed by atoms with Crippen LogP contribution < -0.4 is 14.2 Å². The van der Waals surface area contributed by atoms with Crippen LogP contribution in [-0.2, 0) is 10.0 Å². The van der Waals surface area contributed by atoms with Crippen LogP contribution in [0.25, 0.3) is 0 Å². The first kappa shape index (κ1) is 15.3. The smallest absolute Gasteiger partial charge is 0.319 e. The van der Waals surface area contributed by atoms with Crippen LogP contribution in [-0.4, -0.2) is 32.6 Å². The van der Waals surface area contributed by atoms with Gasteiger partial charge in [-0.25, -0.2) is 13.4 Å². The maximum absolute atomic E-state index is 12.2. The second kappa shape index (κ2) is 6.15. The molecule has 7 nitrogen and oxygen atoms in total. The average molecular weight is 330 g/mol. The monoisotopic (exact) mass is 329 g/mol. The Balaban J connectivity index is 2.34. The normalized spacial score (nSPS) is 11.0. The van der Waals surface area contributed by atoms with Crippen molar-refractivity contribution in [1.82, 2.24) is 9.97 Å². The van der Waals surface area contributed by atoms with Crippen molar-refractivity contribution < 1.29 is 17.9 Å². The van der Waals surface area contributed by atoms with E-state index in [0.717, 1.165) is 0 Å². The van der Waals surface area contributed by atoms with Crippen LogP contribution in [0.2, 0.25) is 5.02 Å². The standard InChI is InChI=1S/C12H12ClN3O4S/c1-19-11-10(7-14-12(15-11)20-2)16-21(17,18)9-5-3-8(13)4-6-9/h3-7,16H,1-2H3. The van der Waals surface area contributed by atoms with Gasteiger partial charge in [0.2, 0.25) is 5.88 Å². The number of anilines is 1. The van der Waals surface area contributed by atoms with E-state index >= 15 is 0 Å². The quantitative estimate of drug-likeness (QED) is 0.901. The number of benzene rings is 1. The van der Waals surface area contributed by atoms with Gasteiger partial charge < -0.3 is 9.47 Å². The number of aromatic nitrogens is 2. The van der Waals surface area contributed by atoms with E-state index in [1.54, 1.807) is 0 Å². The third-order valence-corrected chi connectivity index (χ3v) is 4.11. The molecule has 0 bridgehead atoms. The molecule has 1 heterocycles. The van der Waals surface area contributed by atoms with Crippen molar-refractivity contribution in [3.8, 4) is 11.9 Å². The number of nitrogens with zero attached hydrogens (tertiary/aromatic N) is 2. The van der Waals surface area contributed by atoms with Crippen LogP contribution in [0.5, 0.6) is 11.9 Å². The third kappa shape index (κ3) is 3.53. The Morgan fingerprint density at radius 3 is 2.38 bits per heavy atom. The van der Waals surface area contributed by atoms with Gasteiger partial charge in [0.15, 0.2) is 0 Å². The molecule has 1 aromatic carbocycles. The number of rotatable bonds is 5. The lowest BCUT2D eigenvalue weighted by Crippen LogP contribution is -2.14. The molecular weight excluding hydrogens is 318 g/mol. The van der Waals surface area contributed by atoms with E-state index in [0.29, 0.717) is 5.02 Å². The molecule has 1 N–H and O–H groups in total. The van der Waals surface area contributed by atoms with E-state index in [1.807, 2.05) is 0 Å². The van der Waals surface area contributed by atoms with E-state index in [1.165, 1.54) is 44.7 Å². The molecule has 21 heavy (non-hydrogen) atoms. The zero-order valence-electron chi connectivity index (χ0n) is 11.2. The summed E-state index contributed by atoms with van der Waals surface area (Å²) < 4.78 is 36.7. The first-order valence-corrected chi connectivity index (χ1v) is 7.56. The van der Waals surface area contributed by atoms with Crippen molar-refractivity contribution >= 4 is 27.3 Å². The SMILES string of the molecule is COc1ncc(NS(=O)(=O)c2ccc(Cl)cc2)c(OC)n1. The van der Waals surface area contributed by atoms with Gasteiger partial charge in [0, 0.05) is 5.02 Å². The predicted molar refractivity (Wildman–Crippen MR) is 77.4 cm³/mol. The molecule has 2 rings (SSSR count). The molecule has 0 radical (unpaired) electrons. The van der Waals surface area contributed by atoms with Crippen LogP contribution in [0.15, 0.2) is 35.4 Å². The second-order valence-electron chi connectivity index (χ2n) is 3.84. The van der Waals surface area contributed by atoms with Crippen molar-refractivity contribution in [3.63, 3.8) is 0 Å². The maximum Gasteiger partial charge on any atom is 0.319 e. The number of nitrogens with one attached hydrogen (secondary N) is 1. The fraction of sp³-hybridized carbons (Fsp3) is 0.167. The maximum atomic E-state index is 12.2. The van der Waals surface area contributed by atoms with E-state index in [4.69, 9.17) is 21.1 Å². The van der Waals surface area contributed by atoms with Crippen molar-refractivity contribution in [2.24, 2.45) is 0 Å². The van der Waals surface area contributed by atoms with Crippen molar-refractivity contribution in [3.05, 3.63) is 35.5 Å². The number of sulfonamides is 1. The topological polar surface area (TPSA) is 90.4 Å². The highest BCUT2D eigenvalue weighted by Crippen LogP contribution is 2.25. The van der Waals surface area contributed by atoms with Gasteiger partial charge in [0.1, 0.15) is 5.69 Å². The molecule has 0 aliphatic rings. The van der Waals surface area contributed by atoms with Gasteiger partial charge in [-0.1, -0.05) is 11.6 Å². The Kier molecular flexibility index (Phi) is 4.49. The summed E-state index contributed by atoms with van der Waals surface area (Å²) in [6.45, 7) is 0. The molecule has 0 fully saturated rings. The third-order valence-electron chi connectivity index (χ3n) is 2.48. The molecule has 0 aliphatic carbocycles. The Morgan fingerprint density at radius 2 is 1.81 bits per heavy atom. The summed E-state index contributed by atoms with van der Waals surface area (Å²) in [5.74, 6) is 0.0550. The van der Waals surface area contributed by atoms with E-state index in [-0.39, 0.29) is 22.5 Å². The van der Waals surface area contributed by atoms with Crippen LogP contribution >= 0.6 is 11.6 Å². The van der Waals surface area contributed by atoms with Gasteiger partial charge in [0.25, 0.3) is 10.0 Å². The average Bonchev–Trinajstić information content (AvgIpc) is 2.47.